The molecule has 0 atom stereocenters. The summed E-state index contributed by atoms with van der Waals surface area (Å²) in [4.78, 5) is 1.48. The first-order chi connectivity index (χ1) is 60.5. The Balaban J connectivity index is 0. The van der Waals surface area contributed by atoms with Crippen LogP contribution < -0.4 is 45.9 Å². The zero-order valence-electron chi connectivity index (χ0n) is 74.9. The molecule has 0 bridgehead atoms. The molecule has 0 radical (unpaired) electrons. The molecule has 0 aromatic heterocycles. The van der Waals surface area contributed by atoms with Crippen molar-refractivity contribution >= 4 is 123 Å². The second-order valence-corrected chi connectivity index (χ2v) is 43.0. The summed E-state index contributed by atoms with van der Waals surface area (Å²) in [7, 11) is 6.88. The first-order valence-electron chi connectivity index (χ1n) is 41.5. The van der Waals surface area contributed by atoms with Crippen molar-refractivity contribution in [3.05, 3.63) is 316 Å². The predicted octanol–water partition coefficient (Wildman–Crippen LogP) is 18.8. The molecule has 21 nitrogen and oxygen atoms in total. The molecule has 2 aliphatic rings. The summed E-state index contributed by atoms with van der Waals surface area (Å²) in [6.45, 7) is 22.2. The standard InChI is InChI=1S/2C19H26N2O2S.C18H26N2O2S.C18H23N2O2S.C9H14N2O2S.C9H14O.CH3.7ClH.3Ru/c2*1-16-9-11-19(12-10-16)24(22,23)21-15-14-20-13-5-8-18-7-4-3-6-17(18)2;2*1-16-9-11-18(12-10-16)23(21,22)20-15-14-19-13-5-8-17-6-3-2-4-7-17;1-8-2-4-9(5-3-8)14(12,13)11-7-6-10;10-8-4-7-9-5-2-1-3-6-9;;;;;;;;;;;/h2*3-4,6-7,9-12,20-21H,5,8,13-15H2,1-2H3;2-3,7,9-12,19-20H,4-6,8,13-15H2,1H3;2-4,6-7,9-12,19H,5,8,13-15H2,1H3;2-5,11H,6-7,10H2,1H3;1-2,6,10H,3-5,7-8H2;1H3;7*1H;;;/q;;;-1;;;-1;;;;;;;;2*+2;+4/p-5. The van der Waals surface area contributed by atoms with Crippen LogP contribution in [-0.2, 0) is 117 Å². The van der Waals surface area contributed by atoms with Crippen LogP contribution in [0, 0.1) is 55.9 Å². The van der Waals surface area contributed by atoms with Gasteiger partial charge in [-0.2, -0.15) is 0 Å². The van der Waals surface area contributed by atoms with Gasteiger partial charge in [0.25, 0.3) is 0 Å². The van der Waals surface area contributed by atoms with Crippen LogP contribution >= 0.6 is 73.3 Å². The number of aliphatic hydroxyl groups excluding tert-OH is 1. The number of nitrogens with zero attached hydrogens (tertiary/aromatic N) is 1. The molecule has 0 saturated carbocycles. The first-order valence-corrected chi connectivity index (χ1v) is 60.0. The van der Waals surface area contributed by atoms with E-state index in [2.05, 4.69) is 166 Å². The van der Waals surface area contributed by atoms with E-state index in [9.17, 15) is 42.1 Å². The first kappa shape index (κ1) is 127. The van der Waals surface area contributed by atoms with Crippen molar-refractivity contribution in [2.45, 2.75) is 163 Å². The molecule has 724 valence electrons. The van der Waals surface area contributed by atoms with Crippen LogP contribution in [0.1, 0.15) is 126 Å². The third-order valence-electron chi connectivity index (χ3n) is 18.9. The normalized spacial score (nSPS) is 12.0. The summed E-state index contributed by atoms with van der Waals surface area (Å²) < 4.78 is 134. The molecule has 11 N–H and O–H groups in total. The van der Waals surface area contributed by atoms with Gasteiger partial charge in [-0.1, -0.05) is 215 Å². The van der Waals surface area contributed by atoms with Gasteiger partial charge in [-0.05, 0) is 260 Å². The molecule has 0 heterocycles. The van der Waals surface area contributed by atoms with E-state index in [1.54, 1.807) is 109 Å². The van der Waals surface area contributed by atoms with Gasteiger partial charge >= 0.3 is 96.1 Å². The summed E-state index contributed by atoms with van der Waals surface area (Å²) in [5, 5.41) is 21.6. The fraction of sp³-hybridized carbons (Fsp3) is 0.387. The van der Waals surface area contributed by atoms with E-state index in [-0.39, 0.29) is 85.4 Å². The van der Waals surface area contributed by atoms with Crippen LogP contribution in [0.25, 0.3) is 4.72 Å². The number of nitrogens with two attached hydrogens (primary N) is 1. The van der Waals surface area contributed by atoms with Crippen LogP contribution in [0.4, 0.5) is 0 Å². The van der Waals surface area contributed by atoms with Gasteiger partial charge in [0.05, 0.1) is 19.6 Å². The Morgan fingerprint density at radius 3 is 0.953 bits per heavy atom. The second kappa shape index (κ2) is 77.0. The molecule has 10 rings (SSSR count). The maximum absolute atomic E-state index is 12.1. The monoisotopic (exact) mass is 2280 g/mol. The van der Waals surface area contributed by atoms with Gasteiger partial charge in [0.2, 0.25) is 40.1 Å². The summed E-state index contributed by atoms with van der Waals surface area (Å²) in [6.07, 6.45) is 28.1. The van der Waals surface area contributed by atoms with Gasteiger partial charge in [-0.25, -0.2) is 61.0 Å². The van der Waals surface area contributed by atoms with E-state index < -0.39 is 50.1 Å². The van der Waals surface area contributed by atoms with Crippen molar-refractivity contribution < 1.29 is 94.8 Å². The Morgan fingerprint density at radius 2 is 0.643 bits per heavy atom. The second-order valence-electron chi connectivity index (χ2n) is 29.0. The van der Waals surface area contributed by atoms with Gasteiger partial charge in [0, 0.05) is 63.9 Å². The van der Waals surface area contributed by atoms with E-state index in [0.29, 0.717) is 73.7 Å². The molecule has 8 aromatic carbocycles. The summed E-state index contributed by atoms with van der Waals surface area (Å²) >= 11 is 1.13. The van der Waals surface area contributed by atoms with Crippen LogP contribution in [0.5, 0.6) is 0 Å². The van der Waals surface area contributed by atoms with Crippen LogP contribution in [-0.4, -0.2) is 145 Å². The predicted molar refractivity (Wildman–Crippen MR) is 535 cm³/mol. The third kappa shape index (κ3) is 60.2. The number of allylic oxidation sites excluding steroid dienone is 8. The Hall–Kier alpha value is -4.07. The Morgan fingerprint density at radius 1 is 0.357 bits per heavy atom. The van der Waals surface area contributed by atoms with E-state index in [4.69, 9.17) is 49.6 Å². The zero-order valence-corrected chi connectivity index (χ0v) is 89.6. The Bertz CT molecular complexity index is 4850. The number of hydrogen-bond acceptors (Lipinski definition) is 16. The van der Waals surface area contributed by atoms with E-state index in [1.165, 1.54) is 39.0 Å². The molecule has 0 unspecified atom stereocenters. The van der Waals surface area contributed by atoms with Crippen LogP contribution in [0.3, 0.4) is 0 Å². The van der Waals surface area contributed by atoms with Gasteiger partial charge in [-0.15, -0.1) is 31.4 Å². The van der Waals surface area contributed by atoms with E-state index in [1.807, 2.05) is 82.3 Å². The number of sulfonamides is 5. The number of nitrogens with one attached hydrogen (secondary N) is 8. The van der Waals surface area contributed by atoms with Crippen LogP contribution in [0.2, 0.25) is 0 Å². The SMILES string of the molecule is Cc1ccc(S(=O)(=O)NCCN)cc1.Cc1ccc(S(=O)(=O)NCCNCCCC2=CCC=CC2)cc1.Cc1ccc(S(=O)(=O)NCCNCCCc2ccccc2C)cc1.Cc1ccc(S(=O)(=O)NCCNCCCc2ccccc2C)cc1.Cc1ccc(S(=O)(=O)[N-]CCNCCCc2ccccc2)cc1.Cl.Cl.OCCCC1=CCC=CC1.[CH3-].[Cl][Ru+3].[Cl][Ru][Cl].[Cl][Ru][Cl]. The van der Waals surface area contributed by atoms with Crippen molar-refractivity contribution in [3.8, 4) is 0 Å². The number of aryl methyl sites for hydroxylation is 10. The van der Waals surface area contributed by atoms with E-state index in [0.717, 1.165) is 144 Å². The summed E-state index contributed by atoms with van der Waals surface area (Å²) in [6, 6.07) is 61.2. The molecular formula is C93H134Cl7N10O11Ru3S5+. The molecule has 8 aromatic rings. The average Bonchev–Trinajstić information content (AvgIpc) is 0.645. The fourth-order valence-electron chi connectivity index (χ4n) is 11.9. The van der Waals surface area contributed by atoms with Gasteiger partial charge < -0.3 is 44.3 Å². The van der Waals surface area contributed by atoms with Crippen molar-refractivity contribution in [1.29, 1.82) is 0 Å². The Kier molecular flexibility index (Phi) is 75.8. The summed E-state index contributed by atoms with van der Waals surface area (Å²) in [5.41, 5.74) is 20.1. The van der Waals surface area contributed by atoms with Crippen molar-refractivity contribution in [2.24, 2.45) is 5.73 Å². The van der Waals surface area contributed by atoms with Gasteiger partial charge in [0.15, 0.2) is 0 Å². The van der Waals surface area contributed by atoms with Crippen molar-refractivity contribution in [3.63, 3.8) is 0 Å². The van der Waals surface area contributed by atoms with Gasteiger partial charge in [-0.3, -0.25) is 0 Å². The minimum absolute atomic E-state index is 0. The number of halogens is 7. The zero-order chi connectivity index (χ0) is 93.2. The van der Waals surface area contributed by atoms with E-state index >= 15 is 0 Å². The number of rotatable bonds is 43. The molecule has 0 aliphatic heterocycles. The molecule has 0 amide bonds. The average molecular weight is 2280 g/mol. The maximum atomic E-state index is 12.1. The Labute approximate surface area is 832 Å². The topological polar surface area (TPSA) is 327 Å². The third-order valence-corrected chi connectivity index (χ3v) is 26.2. The molecule has 0 fully saturated rings. The van der Waals surface area contributed by atoms with Crippen molar-refractivity contribution in [1.82, 2.24) is 40.2 Å². The fourth-order valence-corrected chi connectivity index (χ4v) is 17.0. The quantitative estimate of drug-likeness (QED) is 0.00735. The van der Waals surface area contributed by atoms with Crippen LogP contribution in [0.15, 0.2) is 272 Å². The number of aliphatic hydroxyl groups is 1. The number of benzene rings is 8. The van der Waals surface area contributed by atoms with Gasteiger partial charge in [0.1, 0.15) is 10.0 Å². The molecule has 36 heteroatoms. The number of hydrogen-bond donors (Lipinski definition) is 10. The summed E-state index contributed by atoms with van der Waals surface area (Å²) in [5.74, 6) is 0. The molecule has 0 spiro atoms. The molecule has 2 aliphatic carbocycles. The minimum atomic E-state index is -3.53. The molecular weight excluding hydrogens is 2140 g/mol. The van der Waals surface area contributed by atoms with Crippen molar-refractivity contribution in [2.75, 3.05) is 98.2 Å². The molecule has 0 saturated heterocycles. The molecule has 129 heavy (non-hydrogen) atoms.